The second-order valence-electron chi connectivity index (χ2n) is 7.63. The molecular formula is C20H29ClN4O. The number of halogens is 1. The minimum Gasteiger partial charge on any atom is -0.349 e. The number of hydrogen-bond donors (Lipinski definition) is 2. The van der Waals surface area contributed by atoms with Crippen molar-refractivity contribution in [3.63, 3.8) is 0 Å². The standard InChI is InChI=1S/C20H29ClN4O/c1-13(2)11-20(5,12-22)23-19(26)10-18-14(3)24-25(15(18)4)17-8-6-16(21)7-9-17/h6-9,13H,10-12,22H2,1-5H3,(H,23,26). The number of rotatable bonds is 7. The van der Waals surface area contributed by atoms with Crippen molar-refractivity contribution in [3.05, 3.63) is 46.2 Å². The molecule has 2 aromatic rings. The Morgan fingerprint density at radius 2 is 1.92 bits per heavy atom. The van der Waals surface area contributed by atoms with Crippen molar-refractivity contribution in [2.75, 3.05) is 6.54 Å². The molecule has 26 heavy (non-hydrogen) atoms. The van der Waals surface area contributed by atoms with Crippen LogP contribution in [0.1, 0.15) is 44.1 Å². The van der Waals surface area contributed by atoms with Crippen LogP contribution in [0.2, 0.25) is 5.02 Å². The summed E-state index contributed by atoms with van der Waals surface area (Å²) in [6.45, 7) is 10.6. The van der Waals surface area contributed by atoms with E-state index in [1.807, 2.05) is 49.7 Å². The summed E-state index contributed by atoms with van der Waals surface area (Å²) in [5.74, 6) is 0.431. The molecule has 0 aliphatic rings. The van der Waals surface area contributed by atoms with Gasteiger partial charge in [0.25, 0.3) is 0 Å². The molecule has 0 saturated heterocycles. The number of nitrogens with one attached hydrogen (secondary N) is 1. The van der Waals surface area contributed by atoms with Crippen molar-refractivity contribution in [2.45, 2.75) is 53.0 Å². The lowest BCUT2D eigenvalue weighted by Gasteiger charge is -2.31. The van der Waals surface area contributed by atoms with Crippen molar-refractivity contribution in [1.82, 2.24) is 15.1 Å². The van der Waals surface area contributed by atoms with Gasteiger partial charge in [-0.15, -0.1) is 0 Å². The Morgan fingerprint density at radius 1 is 1.31 bits per heavy atom. The number of nitrogens with two attached hydrogens (primary N) is 1. The molecule has 0 fully saturated rings. The van der Waals surface area contributed by atoms with Gasteiger partial charge in [0, 0.05) is 28.4 Å². The van der Waals surface area contributed by atoms with Gasteiger partial charge in [-0.25, -0.2) is 4.68 Å². The molecule has 0 aliphatic heterocycles. The van der Waals surface area contributed by atoms with Crippen molar-refractivity contribution in [1.29, 1.82) is 0 Å². The highest BCUT2D eigenvalue weighted by atomic mass is 35.5. The van der Waals surface area contributed by atoms with Crippen LogP contribution in [0.15, 0.2) is 24.3 Å². The number of benzene rings is 1. The van der Waals surface area contributed by atoms with Gasteiger partial charge in [0.05, 0.1) is 17.8 Å². The SMILES string of the molecule is Cc1nn(-c2ccc(Cl)cc2)c(C)c1CC(=O)NC(C)(CN)CC(C)C. The number of carbonyl (C=O) groups is 1. The third-order valence-electron chi connectivity index (χ3n) is 4.60. The van der Waals surface area contributed by atoms with Crippen LogP contribution in [0, 0.1) is 19.8 Å². The van der Waals surface area contributed by atoms with Crippen LogP contribution in [0.3, 0.4) is 0 Å². The second kappa shape index (κ2) is 8.23. The molecule has 2 rings (SSSR count). The molecule has 1 aromatic carbocycles. The molecule has 0 aliphatic carbocycles. The maximum absolute atomic E-state index is 12.6. The number of aromatic nitrogens is 2. The minimum atomic E-state index is -0.390. The van der Waals surface area contributed by atoms with E-state index in [4.69, 9.17) is 17.3 Å². The summed E-state index contributed by atoms with van der Waals surface area (Å²) < 4.78 is 1.85. The first-order chi connectivity index (χ1) is 12.1. The van der Waals surface area contributed by atoms with Crippen molar-refractivity contribution in [3.8, 4) is 5.69 Å². The van der Waals surface area contributed by atoms with E-state index in [1.165, 1.54) is 0 Å². The fraction of sp³-hybridized carbons (Fsp3) is 0.500. The number of hydrogen-bond acceptors (Lipinski definition) is 3. The Hall–Kier alpha value is -1.85. The van der Waals surface area contributed by atoms with E-state index < -0.39 is 0 Å². The smallest absolute Gasteiger partial charge is 0.225 e. The van der Waals surface area contributed by atoms with Gasteiger partial charge < -0.3 is 11.1 Å². The molecule has 0 radical (unpaired) electrons. The Kier molecular flexibility index (Phi) is 6.48. The highest BCUT2D eigenvalue weighted by Gasteiger charge is 2.26. The van der Waals surface area contributed by atoms with Crippen molar-refractivity contribution >= 4 is 17.5 Å². The Morgan fingerprint density at radius 3 is 2.46 bits per heavy atom. The molecular weight excluding hydrogens is 348 g/mol. The lowest BCUT2D eigenvalue weighted by molar-refractivity contribution is -0.122. The lowest BCUT2D eigenvalue weighted by atomic mass is 9.90. The summed E-state index contributed by atoms with van der Waals surface area (Å²) in [5, 5.41) is 8.39. The summed E-state index contributed by atoms with van der Waals surface area (Å²) in [6.07, 6.45) is 1.14. The number of nitrogens with zero attached hydrogens (tertiary/aromatic N) is 2. The van der Waals surface area contributed by atoms with Gasteiger partial charge in [0.1, 0.15) is 0 Å². The zero-order chi connectivity index (χ0) is 19.5. The normalized spacial score (nSPS) is 13.7. The van der Waals surface area contributed by atoms with Gasteiger partial charge >= 0.3 is 0 Å². The van der Waals surface area contributed by atoms with Gasteiger partial charge in [-0.2, -0.15) is 5.10 Å². The zero-order valence-electron chi connectivity index (χ0n) is 16.3. The molecule has 0 bridgehead atoms. The largest absolute Gasteiger partial charge is 0.349 e. The fourth-order valence-corrected chi connectivity index (χ4v) is 3.52. The molecule has 5 nitrogen and oxygen atoms in total. The molecule has 1 unspecified atom stereocenters. The van der Waals surface area contributed by atoms with Gasteiger partial charge in [-0.05, 0) is 57.4 Å². The van der Waals surface area contributed by atoms with E-state index in [1.54, 1.807) is 0 Å². The van der Waals surface area contributed by atoms with Crippen LogP contribution in [0.4, 0.5) is 0 Å². The van der Waals surface area contributed by atoms with Crippen LogP contribution in [0.5, 0.6) is 0 Å². The quantitative estimate of drug-likeness (QED) is 0.775. The molecule has 1 aromatic heterocycles. The lowest BCUT2D eigenvalue weighted by Crippen LogP contribution is -2.52. The Labute approximate surface area is 160 Å². The number of aryl methyl sites for hydroxylation is 1. The summed E-state index contributed by atoms with van der Waals surface area (Å²) in [5.41, 5.74) is 9.20. The highest BCUT2D eigenvalue weighted by Crippen LogP contribution is 2.21. The average molecular weight is 377 g/mol. The van der Waals surface area contributed by atoms with Crippen molar-refractivity contribution in [2.24, 2.45) is 11.7 Å². The Balaban J connectivity index is 2.19. The molecule has 1 atom stereocenters. The second-order valence-corrected chi connectivity index (χ2v) is 8.06. The Bertz CT molecular complexity index is 767. The van der Waals surface area contributed by atoms with E-state index in [2.05, 4.69) is 24.3 Å². The van der Waals surface area contributed by atoms with E-state index in [9.17, 15) is 4.79 Å². The summed E-state index contributed by atoms with van der Waals surface area (Å²) in [6, 6.07) is 7.50. The van der Waals surface area contributed by atoms with E-state index >= 15 is 0 Å². The average Bonchev–Trinajstić information content (AvgIpc) is 2.83. The first-order valence-electron chi connectivity index (χ1n) is 8.97. The molecule has 1 heterocycles. The van der Waals surface area contributed by atoms with Crippen LogP contribution < -0.4 is 11.1 Å². The van der Waals surface area contributed by atoms with Crippen LogP contribution >= 0.6 is 11.6 Å². The first kappa shape index (κ1) is 20.5. The third kappa shape index (κ3) is 4.86. The third-order valence-corrected chi connectivity index (χ3v) is 4.85. The topological polar surface area (TPSA) is 72.9 Å². The molecule has 1 amide bonds. The number of amides is 1. The first-order valence-corrected chi connectivity index (χ1v) is 9.35. The monoisotopic (exact) mass is 376 g/mol. The molecule has 0 saturated carbocycles. The maximum Gasteiger partial charge on any atom is 0.225 e. The van der Waals surface area contributed by atoms with Crippen molar-refractivity contribution < 1.29 is 4.79 Å². The predicted octanol–water partition coefficient (Wildman–Crippen LogP) is 3.56. The van der Waals surface area contributed by atoms with Crippen LogP contribution in [0.25, 0.3) is 5.69 Å². The highest BCUT2D eigenvalue weighted by molar-refractivity contribution is 6.30. The van der Waals surface area contributed by atoms with E-state index in [-0.39, 0.29) is 11.4 Å². The fourth-order valence-electron chi connectivity index (χ4n) is 3.39. The molecule has 3 N–H and O–H groups in total. The molecule has 0 spiro atoms. The van der Waals surface area contributed by atoms with E-state index in [0.717, 1.165) is 29.1 Å². The number of carbonyl (C=O) groups excluding carboxylic acids is 1. The summed E-state index contributed by atoms with van der Waals surface area (Å²) >= 11 is 5.96. The molecule has 6 heteroatoms. The van der Waals surface area contributed by atoms with Crippen LogP contribution in [-0.2, 0) is 11.2 Å². The van der Waals surface area contributed by atoms with Gasteiger partial charge in [-0.3, -0.25) is 4.79 Å². The van der Waals surface area contributed by atoms with Gasteiger partial charge in [0.2, 0.25) is 5.91 Å². The summed E-state index contributed by atoms with van der Waals surface area (Å²) in [4.78, 5) is 12.6. The minimum absolute atomic E-state index is 0.0274. The maximum atomic E-state index is 12.6. The van der Waals surface area contributed by atoms with Crippen LogP contribution in [-0.4, -0.2) is 27.8 Å². The van der Waals surface area contributed by atoms with Gasteiger partial charge in [0.15, 0.2) is 0 Å². The summed E-state index contributed by atoms with van der Waals surface area (Å²) in [7, 11) is 0. The van der Waals surface area contributed by atoms with E-state index in [0.29, 0.717) is 23.9 Å². The van der Waals surface area contributed by atoms with Gasteiger partial charge in [-0.1, -0.05) is 25.4 Å². The predicted molar refractivity (Wildman–Crippen MR) is 107 cm³/mol. The molecule has 142 valence electrons. The zero-order valence-corrected chi connectivity index (χ0v) is 17.0.